The normalized spacial score (nSPS) is 11.1. The number of nitrogens with zero attached hydrogens (tertiary/aromatic N) is 1. The summed E-state index contributed by atoms with van der Waals surface area (Å²) in [5.41, 5.74) is 4.15. The molecule has 0 atom stereocenters. The first-order valence-corrected chi connectivity index (χ1v) is 7.67. The molecule has 0 radical (unpaired) electrons. The molecule has 0 unspecified atom stereocenters. The molecule has 2 heteroatoms. The number of para-hydroxylation sites is 1. The van der Waals surface area contributed by atoms with Crippen LogP contribution in [0, 0.1) is 3.57 Å². The molecule has 1 nitrogen and oxygen atoms in total. The van der Waals surface area contributed by atoms with Gasteiger partial charge in [-0.3, -0.25) is 0 Å². The van der Waals surface area contributed by atoms with Gasteiger partial charge in [0.1, 0.15) is 0 Å². The van der Waals surface area contributed by atoms with Crippen LogP contribution >= 0.6 is 22.6 Å². The molecule has 0 spiro atoms. The van der Waals surface area contributed by atoms with E-state index >= 15 is 0 Å². The SMILES string of the molecule is CCc1cccc2ccn(Cc3ccc(I)cc3)c12. The number of benzene rings is 2. The molecule has 0 aliphatic heterocycles. The molecule has 0 saturated carbocycles. The molecule has 3 aromatic rings. The second-order valence-corrected chi connectivity index (χ2v) is 6.02. The van der Waals surface area contributed by atoms with Crippen molar-refractivity contribution >= 4 is 33.5 Å². The fourth-order valence-corrected chi connectivity index (χ4v) is 2.90. The van der Waals surface area contributed by atoms with Crippen LogP contribution in [0.15, 0.2) is 54.7 Å². The lowest BCUT2D eigenvalue weighted by molar-refractivity contribution is 0.831. The summed E-state index contributed by atoms with van der Waals surface area (Å²) in [6.45, 7) is 3.16. The van der Waals surface area contributed by atoms with Crippen LogP contribution in [0.25, 0.3) is 10.9 Å². The Morgan fingerprint density at radius 2 is 1.79 bits per heavy atom. The van der Waals surface area contributed by atoms with Crippen LogP contribution in [0.5, 0.6) is 0 Å². The van der Waals surface area contributed by atoms with Crippen molar-refractivity contribution < 1.29 is 0 Å². The Morgan fingerprint density at radius 1 is 1.00 bits per heavy atom. The van der Waals surface area contributed by atoms with Crippen molar-refractivity contribution in [2.75, 3.05) is 0 Å². The molecule has 0 aliphatic rings. The Bertz CT molecular complexity index is 695. The van der Waals surface area contributed by atoms with Crippen LogP contribution in [0.3, 0.4) is 0 Å². The maximum Gasteiger partial charge on any atom is 0.0515 e. The Hall–Kier alpha value is -1.29. The summed E-state index contributed by atoms with van der Waals surface area (Å²) < 4.78 is 3.64. The van der Waals surface area contributed by atoms with Crippen LogP contribution in [-0.2, 0) is 13.0 Å². The smallest absolute Gasteiger partial charge is 0.0515 e. The van der Waals surface area contributed by atoms with Crippen LogP contribution in [0.4, 0.5) is 0 Å². The predicted octanol–water partition coefficient (Wildman–Crippen LogP) is 4.86. The molecule has 2 aromatic carbocycles. The number of hydrogen-bond donors (Lipinski definition) is 0. The Morgan fingerprint density at radius 3 is 2.53 bits per heavy atom. The zero-order chi connectivity index (χ0) is 13.2. The molecule has 1 heterocycles. The van der Waals surface area contributed by atoms with E-state index in [4.69, 9.17) is 0 Å². The summed E-state index contributed by atoms with van der Waals surface area (Å²) in [4.78, 5) is 0. The Labute approximate surface area is 127 Å². The van der Waals surface area contributed by atoms with Crippen molar-refractivity contribution in [3.05, 3.63) is 69.4 Å². The van der Waals surface area contributed by atoms with Gasteiger partial charge in [-0.25, -0.2) is 0 Å². The first kappa shape index (κ1) is 12.7. The molecule has 0 amide bonds. The second kappa shape index (κ2) is 5.37. The maximum atomic E-state index is 2.36. The molecule has 1 aromatic heterocycles. The highest BCUT2D eigenvalue weighted by molar-refractivity contribution is 14.1. The van der Waals surface area contributed by atoms with E-state index in [1.54, 1.807) is 0 Å². The molecule has 96 valence electrons. The highest BCUT2D eigenvalue weighted by Crippen LogP contribution is 2.22. The molecule has 0 fully saturated rings. The van der Waals surface area contributed by atoms with Gasteiger partial charge in [0.2, 0.25) is 0 Å². The van der Waals surface area contributed by atoms with Gasteiger partial charge in [-0.05, 0) is 63.7 Å². The van der Waals surface area contributed by atoms with Crippen molar-refractivity contribution in [3.63, 3.8) is 0 Å². The average Bonchev–Trinajstić information content (AvgIpc) is 2.85. The molecular formula is C17H16IN. The molecule has 0 aliphatic carbocycles. The van der Waals surface area contributed by atoms with Gasteiger partial charge in [0.15, 0.2) is 0 Å². The molecule has 3 rings (SSSR count). The van der Waals surface area contributed by atoms with Crippen molar-refractivity contribution in [2.24, 2.45) is 0 Å². The number of fused-ring (bicyclic) bond motifs is 1. The predicted molar refractivity (Wildman–Crippen MR) is 89.6 cm³/mol. The largest absolute Gasteiger partial charge is 0.343 e. The van der Waals surface area contributed by atoms with E-state index in [2.05, 4.69) is 88.8 Å². The van der Waals surface area contributed by atoms with Gasteiger partial charge in [-0.15, -0.1) is 0 Å². The van der Waals surface area contributed by atoms with Gasteiger partial charge < -0.3 is 4.57 Å². The quantitative estimate of drug-likeness (QED) is 0.588. The lowest BCUT2D eigenvalue weighted by Gasteiger charge is -2.09. The standard InChI is InChI=1S/C17H16IN/c1-2-14-4-3-5-15-10-11-19(17(14)15)12-13-6-8-16(18)9-7-13/h3-11H,2,12H2,1H3. The van der Waals surface area contributed by atoms with E-state index in [9.17, 15) is 0 Å². The van der Waals surface area contributed by atoms with Crippen molar-refractivity contribution in [3.8, 4) is 0 Å². The van der Waals surface area contributed by atoms with Gasteiger partial charge in [0, 0.05) is 16.3 Å². The zero-order valence-corrected chi connectivity index (χ0v) is 13.1. The summed E-state index contributed by atoms with van der Waals surface area (Å²) in [6.07, 6.45) is 3.27. The highest BCUT2D eigenvalue weighted by Gasteiger charge is 2.05. The minimum Gasteiger partial charge on any atom is -0.343 e. The number of aryl methyl sites for hydroxylation is 1. The van der Waals surface area contributed by atoms with Crippen molar-refractivity contribution in [2.45, 2.75) is 19.9 Å². The number of rotatable bonds is 3. The van der Waals surface area contributed by atoms with E-state index in [1.165, 1.54) is 25.6 Å². The molecule has 0 bridgehead atoms. The van der Waals surface area contributed by atoms with Crippen molar-refractivity contribution in [1.29, 1.82) is 0 Å². The summed E-state index contributed by atoms with van der Waals surface area (Å²) >= 11 is 2.35. The topological polar surface area (TPSA) is 4.93 Å². The third-order valence-electron chi connectivity index (χ3n) is 3.52. The molecular weight excluding hydrogens is 345 g/mol. The van der Waals surface area contributed by atoms with E-state index in [1.807, 2.05) is 0 Å². The van der Waals surface area contributed by atoms with E-state index < -0.39 is 0 Å². The van der Waals surface area contributed by atoms with E-state index in [0.29, 0.717) is 0 Å². The van der Waals surface area contributed by atoms with Crippen LogP contribution in [-0.4, -0.2) is 4.57 Å². The molecule has 0 saturated heterocycles. The second-order valence-electron chi connectivity index (χ2n) is 4.78. The number of halogens is 1. The minimum atomic E-state index is 0.942. The van der Waals surface area contributed by atoms with E-state index in [0.717, 1.165) is 13.0 Å². The summed E-state index contributed by atoms with van der Waals surface area (Å²) in [6, 6.07) is 17.5. The lowest BCUT2D eigenvalue weighted by atomic mass is 10.1. The highest BCUT2D eigenvalue weighted by atomic mass is 127. The van der Waals surface area contributed by atoms with Gasteiger partial charge in [-0.1, -0.05) is 37.3 Å². The fourth-order valence-electron chi connectivity index (χ4n) is 2.54. The number of aromatic nitrogens is 1. The lowest BCUT2D eigenvalue weighted by Crippen LogP contribution is -1.99. The Balaban J connectivity index is 2.03. The maximum absolute atomic E-state index is 2.36. The van der Waals surface area contributed by atoms with Gasteiger partial charge >= 0.3 is 0 Å². The Kier molecular flexibility index (Phi) is 3.60. The number of hydrogen-bond acceptors (Lipinski definition) is 0. The third-order valence-corrected chi connectivity index (χ3v) is 4.24. The minimum absolute atomic E-state index is 0.942. The third kappa shape index (κ3) is 2.54. The fraction of sp³-hybridized carbons (Fsp3) is 0.176. The van der Waals surface area contributed by atoms with Gasteiger partial charge in [0.25, 0.3) is 0 Å². The summed E-state index contributed by atoms with van der Waals surface area (Å²) in [7, 11) is 0. The monoisotopic (exact) mass is 361 g/mol. The van der Waals surface area contributed by atoms with Gasteiger partial charge in [-0.2, -0.15) is 0 Å². The first-order valence-electron chi connectivity index (χ1n) is 6.59. The van der Waals surface area contributed by atoms with Crippen LogP contribution < -0.4 is 0 Å². The van der Waals surface area contributed by atoms with Crippen LogP contribution in [0.1, 0.15) is 18.1 Å². The molecule has 19 heavy (non-hydrogen) atoms. The van der Waals surface area contributed by atoms with Gasteiger partial charge in [0.05, 0.1) is 5.52 Å². The summed E-state index contributed by atoms with van der Waals surface area (Å²) in [5.74, 6) is 0. The van der Waals surface area contributed by atoms with Crippen molar-refractivity contribution in [1.82, 2.24) is 4.57 Å². The summed E-state index contributed by atoms with van der Waals surface area (Å²) in [5, 5.41) is 1.34. The molecule has 0 N–H and O–H groups in total. The van der Waals surface area contributed by atoms with E-state index in [-0.39, 0.29) is 0 Å². The average molecular weight is 361 g/mol. The first-order chi connectivity index (χ1) is 9.28. The zero-order valence-electron chi connectivity index (χ0n) is 10.9. The van der Waals surface area contributed by atoms with Crippen LogP contribution in [0.2, 0.25) is 0 Å².